The lowest BCUT2D eigenvalue weighted by molar-refractivity contribution is 0.412. The lowest BCUT2D eigenvalue weighted by atomic mass is 9.93. The van der Waals surface area contributed by atoms with Crippen LogP contribution in [-0.2, 0) is 0 Å². The molecule has 33 heavy (non-hydrogen) atoms. The molecule has 0 unspecified atom stereocenters. The minimum absolute atomic E-state index is 0.223. The Morgan fingerprint density at radius 2 is 1.73 bits per heavy atom. The van der Waals surface area contributed by atoms with Crippen molar-refractivity contribution in [1.29, 1.82) is 0 Å². The van der Waals surface area contributed by atoms with Crippen LogP contribution in [0.25, 0.3) is 29.2 Å². The zero-order chi connectivity index (χ0) is 22.6. The number of fused-ring (bicyclic) bond motifs is 2. The molecule has 6 rings (SSSR count). The Morgan fingerprint density at radius 3 is 2.36 bits per heavy atom. The average Bonchev–Trinajstić information content (AvgIpc) is 2.82. The van der Waals surface area contributed by atoms with Gasteiger partial charge in [0.25, 0.3) is 0 Å². The first-order chi connectivity index (χ1) is 16.2. The quantitative estimate of drug-likeness (QED) is 0.468. The van der Waals surface area contributed by atoms with Crippen molar-refractivity contribution in [2.75, 3.05) is 0 Å². The van der Waals surface area contributed by atoms with E-state index in [-0.39, 0.29) is 5.82 Å². The highest BCUT2D eigenvalue weighted by molar-refractivity contribution is 5.62. The molecule has 4 nitrogen and oxygen atoms in total. The summed E-state index contributed by atoms with van der Waals surface area (Å²) in [7, 11) is 0. The molecule has 2 aromatic rings. The molecule has 0 N–H and O–H groups in total. The molecular weight excluding hydrogens is 411 g/mol. The van der Waals surface area contributed by atoms with Crippen molar-refractivity contribution < 1.29 is 4.39 Å². The maximum Gasteiger partial charge on any atom is 0.123 e. The molecule has 1 aromatic heterocycles. The highest BCUT2D eigenvalue weighted by Crippen LogP contribution is 2.23. The van der Waals surface area contributed by atoms with Crippen LogP contribution in [-0.4, -0.2) is 20.6 Å². The van der Waals surface area contributed by atoms with Crippen molar-refractivity contribution in [2.45, 2.75) is 45.1 Å². The highest BCUT2D eigenvalue weighted by Gasteiger charge is 2.18. The third-order valence-corrected chi connectivity index (χ3v) is 6.17. The predicted molar refractivity (Wildman–Crippen MR) is 130 cm³/mol. The second-order valence-electron chi connectivity index (χ2n) is 8.55. The fourth-order valence-electron chi connectivity index (χ4n) is 4.19. The molecule has 1 saturated carbocycles. The van der Waals surface area contributed by atoms with E-state index in [1.54, 1.807) is 12.4 Å². The highest BCUT2D eigenvalue weighted by atomic mass is 19.1. The van der Waals surface area contributed by atoms with Gasteiger partial charge in [-0.25, -0.2) is 9.37 Å². The second kappa shape index (κ2) is 9.49. The minimum Gasteiger partial charge on any atom is -0.306 e. The van der Waals surface area contributed by atoms with Gasteiger partial charge in [-0.2, -0.15) is 0 Å². The zero-order valence-electron chi connectivity index (χ0n) is 18.8. The molecule has 0 spiro atoms. The maximum absolute atomic E-state index is 13.5. The minimum atomic E-state index is -0.223. The van der Waals surface area contributed by atoms with Crippen molar-refractivity contribution >= 4 is 12.2 Å². The van der Waals surface area contributed by atoms with Crippen LogP contribution in [0.15, 0.2) is 72.0 Å². The van der Waals surface area contributed by atoms with Crippen molar-refractivity contribution in [3.05, 3.63) is 94.4 Å². The summed E-state index contributed by atoms with van der Waals surface area (Å²) in [6.07, 6.45) is 13.6. The van der Waals surface area contributed by atoms with E-state index in [1.807, 2.05) is 30.3 Å². The van der Waals surface area contributed by atoms with Crippen LogP contribution in [0.1, 0.15) is 37.7 Å². The molecule has 0 saturated heterocycles. The number of rotatable bonds is 2. The topological polar surface area (TPSA) is 43.1 Å². The van der Waals surface area contributed by atoms with Gasteiger partial charge in [-0.05, 0) is 93.1 Å². The van der Waals surface area contributed by atoms with Gasteiger partial charge < -0.3 is 4.57 Å². The molecule has 3 aliphatic carbocycles. The van der Waals surface area contributed by atoms with Gasteiger partial charge in [-0.1, -0.05) is 18.2 Å². The van der Waals surface area contributed by atoms with Gasteiger partial charge in [0.15, 0.2) is 0 Å². The van der Waals surface area contributed by atoms with E-state index in [0.717, 1.165) is 51.5 Å². The SMILES string of the molecule is Cc1cc2nc3c(n(-c4ccc(F)cc4)c-2cc1=NC1CCC1)=CCCC=3.c1ccncc1. The Hall–Kier alpha value is -3.60. The molecule has 1 aliphatic heterocycles. The molecule has 2 heterocycles. The number of halogens is 1. The van der Waals surface area contributed by atoms with Crippen LogP contribution < -0.4 is 16.1 Å². The monoisotopic (exact) mass is 438 g/mol. The molecule has 1 aromatic carbocycles. The van der Waals surface area contributed by atoms with E-state index >= 15 is 0 Å². The lowest BCUT2D eigenvalue weighted by Gasteiger charge is -2.22. The van der Waals surface area contributed by atoms with Crippen LogP contribution in [0, 0.1) is 12.7 Å². The Kier molecular flexibility index (Phi) is 6.11. The smallest absolute Gasteiger partial charge is 0.123 e. The van der Waals surface area contributed by atoms with E-state index in [4.69, 9.17) is 9.98 Å². The Bertz CT molecular complexity index is 1370. The van der Waals surface area contributed by atoms with Crippen LogP contribution >= 0.6 is 0 Å². The molecule has 0 bridgehead atoms. The van der Waals surface area contributed by atoms with Gasteiger partial charge in [-0.3, -0.25) is 9.98 Å². The Labute approximate surface area is 192 Å². The third-order valence-electron chi connectivity index (χ3n) is 6.17. The maximum atomic E-state index is 13.5. The fourth-order valence-corrected chi connectivity index (χ4v) is 4.19. The number of nitrogens with zero attached hydrogens (tertiary/aromatic N) is 4. The normalized spacial score (nSPS) is 15.5. The van der Waals surface area contributed by atoms with E-state index in [0.29, 0.717) is 6.04 Å². The van der Waals surface area contributed by atoms with Crippen molar-refractivity contribution in [3.63, 3.8) is 0 Å². The van der Waals surface area contributed by atoms with Gasteiger partial charge in [-0.15, -0.1) is 0 Å². The fraction of sp³-hybridized carbons (Fsp3) is 0.250. The van der Waals surface area contributed by atoms with Gasteiger partial charge in [0.05, 0.1) is 33.5 Å². The summed E-state index contributed by atoms with van der Waals surface area (Å²) < 4.78 is 15.7. The van der Waals surface area contributed by atoms with E-state index < -0.39 is 0 Å². The van der Waals surface area contributed by atoms with E-state index in [1.165, 1.54) is 31.4 Å². The van der Waals surface area contributed by atoms with Gasteiger partial charge >= 0.3 is 0 Å². The van der Waals surface area contributed by atoms with Gasteiger partial charge in [0.2, 0.25) is 0 Å². The van der Waals surface area contributed by atoms with Crippen molar-refractivity contribution in [1.82, 2.24) is 14.5 Å². The molecule has 166 valence electrons. The third kappa shape index (κ3) is 4.63. The number of aromatic nitrogens is 3. The Morgan fingerprint density at radius 1 is 0.970 bits per heavy atom. The number of hydrogen-bond acceptors (Lipinski definition) is 3. The first-order valence-electron chi connectivity index (χ1n) is 11.6. The molecular formula is C28H27FN4. The number of benzene rings is 2. The molecule has 0 atom stereocenters. The van der Waals surface area contributed by atoms with Crippen molar-refractivity contribution in [2.24, 2.45) is 4.99 Å². The number of pyridine rings is 1. The molecule has 4 aliphatic rings. The second-order valence-corrected chi connectivity index (χ2v) is 8.55. The number of hydrogen-bond donors (Lipinski definition) is 0. The van der Waals surface area contributed by atoms with Gasteiger partial charge in [0.1, 0.15) is 5.82 Å². The predicted octanol–water partition coefficient (Wildman–Crippen LogP) is 4.31. The summed E-state index contributed by atoms with van der Waals surface area (Å²) in [4.78, 5) is 13.7. The van der Waals surface area contributed by atoms with Crippen LogP contribution in [0.5, 0.6) is 0 Å². The molecule has 1 fully saturated rings. The van der Waals surface area contributed by atoms with Crippen LogP contribution in [0.2, 0.25) is 0 Å². The first-order valence-corrected chi connectivity index (χ1v) is 11.6. The average molecular weight is 439 g/mol. The summed E-state index contributed by atoms with van der Waals surface area (Å²) in [5, 5.41) is 3.13. The van der Waals surface area contributed by atoms with Crippen molar-refractivity contribution in [3.8, 4) is 17.1 Å². The number of aryl methyl sites for hydroxylation is 1. The zero-order valence-corrected chi connectivity index (χ0v) is 18.8. The first kappa shape index (κ1) is 21.3. The molecule has 0 radical (unpaired) electrons. The summed E-state index contributed by atoms with van der Waals surface area (Å²) in [5.41, 5.74) is 4.09. The summed E-state index contributed by atoms with van der Waals surface area (Å²) >= 11 is 0. The van der Waals surface area contributed by atoms with E-state index in [9.17, 15) is 4.39 Å². The lowest BCUT2D eigenvalue weighted by Crippen LogP contribution is -2.40. The Balaban J connectivity index is 0.000000332. The largest absolute Gasteiger partial charge is 0.306 e. The van der Waals surface area contributed by atoms with Crippen LogP contribution in [0.4, 0.5) is 4.39 Å². The molecule has 0 amide bonds. The van der Waals surface area contributed by atoms with Crippen LogP contribution in [0.3, 0.4) is 0 Å². The van der Waals surface area contributed by atoms with Gasteiger partial charge in [0, 0.05) is 18.1 Å². The summed E-state index contributed by atoms with van der Waals surface area (Å²) in [6, 6.07) is 17.2. The van der Waals surface area contributed by atoms with E-state index in [2.05, 4.69) is 40.8 Å². The standard InChI is InChI=1S/C23H22FN3.C5H5N/c1-15-13-21-23(14-20(15)25-17-5-4-6-17)27(18-11-9-16(24)10-12-18)22-8-3-2-7-19(22)26-21;1-2-4-6-5-3-1/h7-14,17H,2-6H2,1H3;1-5H. The summed E-state index contributed by atoms with van der Waals surface area (Å²) in [5.74, 6) is -0.223. The molecule has 5 heteroatoms. The summed E-state index contributed by atoms with van der Waals surface area (Å²) in [6.45, 7) is 2.11.